The maximum atomic E-state index is 13.0. The number of benzene rings is 1. The number of rotatable bonds is 6. The molecule has 26 heavy (non-hydrogen) atoms. The van der Waals surface area contributed by atoms with Crippen LogP contribution in [0, 0.1) is 5.82 Å². The van der Waals surface area contributed by atoms with Gasteiger partial charge < -0.3 is 16.4 Å². The summed E-state index contributed by atoms with van der Waals surface area (Å²) in [5, 5.41) is 5.63. The van der Waals surface area contributed by atoms with Crippen LogP contribution in [0.15, 0.2) is 24.3 Å². The minimum atomic E-state index is -0.328. The van der Waals surface area contributed by atoms with Gasteiger partial charge in [0, 0.05) is 11.2 Å². The molecule has 7 nitrogen and oxygen atoms in total. The smallest absolute Gasteiger partial charge is 0.233 e. The fourth-order valence-electron chi connectivity index (χ4n) is 1.97. The van der Waals surface area contributed by atoms with Gasteiger partial charge in [-0.1, -0.05) is 0 Å². The molecule has 4 N–H and O–H groups in total. The summed E-state index contributed by atoms with van der Waals surface area (Å²) in [5.41, 5.74) is 6.09. The number of nitrogens with zero attached hydrogens (tertiary/aromatic N) is 3. The van der Waals surface area contributed by atoms with Gasteiger partial charge in [-0.05, 0) is 52.0 Å². The van der Waals surface area contributed by atoms with Crippen molar-refractivity contribution in [3.05, 3.63) is 35.9 Å². The molecule has 0 spiro atoms. The van der Waals surface area contributed by atoms with Crippen LogP contribution in [0.25, 0.3) is 0 Å². The van der Waals surface area contributed by atoms with Gasteiger partial charge in [0.1, 0.15) is 11.6 Å². The summed E-state index contributed by atoms with van der Waals surface area (Å²) in [5.74, 6) is 0.837. The van der Waals surface area contributed by atoms with Crippen LogP contribution in [0.4, 0.5) is 22.0 Å². The van der Waals surface area contributed by atoms with E-state index in [9.17, 15) is 9.18 Å². The molecule has 0 fully saturated rings. The highest BCUT2D eigenvalue weighted by Crippen LogP contribution is 2.19. The van der Waals surface area contributed by atoms with Crippen molar-refractivity contribution < 1.29 is 9.18 Å². The van der Waals surface area contributed by atoms with Crippen LogP contribution in [0.3, 0.4) is 0 Å². The molecule has 0 aliphatic heterocycles. The highest BCUT2D eigenvalue weighted by Gasteiger charge is 2.20. The minimum Gasteiger partial charge on any atom is -0.368 e. The second kappa shape index (κ2) is 8.31. The monoisotopic (exact) mass is 378 g/mol. The molecule has 0 bridgehead atoms. The first kappa shape index (κ1) is 19.9. The van der Waals surface area contributed by atoms with Gasteiger partial charge in [0.15, 0.2) is 0 Å². The number of nitrogens with one attached hydrogen (secondary N) is 2. The molecule has 9 heteroatoms. The molecule has 1 amide bonds. The lowest BCUT2D eigenvalue weighted by Crippen LogP contribution is -2.44. The van der Waals surface area contributed by atoms with Gasteiger partial charge in [0.25, 0.3) is 0 Å². The molecular weight excluding hydrogens is 355 g/mol. The Balaban J connectivity index is 2.00. The lowest BCUT2D eigenvalue weighted by Gasteiger charge is -2.22. The Morgan fingerprint density at radius 3 is 2.50 bits per heavy atom. The number of aromatic nitrogens is 3. The Morgan fingerprint density at radius 1 is 1.23 bits per heavy atom. The van der Waals surface area contributed by atoms with Gasteiger partial charge in [0.05, 0.1) is 11.0 Å². The highest BCUT2D eigenvalue weighted by atomic mass is 32.2. The van der Waals surface area contributed by atoms with Crippen LogP contribution in [-0.4, -0.2) is 31.6 Å². The van der Waals surface area contributed by atoms with Crippen molar-refractivity contribution in [2.45, 2.75) is 44.2 Å². The van der Waals surface area contributed by atoms with E-state index in [4.69, 9.17) is 5.73 Å². The van der Waals surface area contributed by atoms with E-state index in [1.807, 2.05) is 27.7 Å². The number of thioether (sulfide) groups is 1. The number of hydrogen-bond donors (Lipinski definition) is 3. The summed E-state index contributed by atoms with van der Waals surface area (Å²) in [4.78, 5) is 24.6. The summed E-state index contributed by atoms with van der Waals surface area (Å²) in [6.07, 6.45) is 0. The average Bonchev–Trinajstić information content (AvgIpc) is 2.52. The third kappa shape index (κ3) is 6.47. The zero-order valence-corrected chi connectivity index (χ0v) is 16.0. The molecule has 2 aromatic rings. The van der Waals surface area contributed by atoms with Crippen LogP contribution < -0.4 is 16.4 Å². The summed E-state index contributed by atoms with van der Waals surface area (Å²) in [6.45, 7) is 7.63. The van der Waals surface area contributed by atoms with E-state index in [0.717, 1.165) is 0 Å². The number of carbonyl (C=O) groups is 1. The number of carbonyl (C=O) groups excluding carboxylic acids is 1. The van der Waals surface area contributed by atoms with Gasteiger partial charge in [-0.2, -0.15) is 15.0 Å². The molecule has 1 atom stereocenters. The fourth-order valence-corrected chi connectivity index (χ4v) is 2.71. The summed E-state index contributed by atoms with van der Waals surface area (Å²) in [6, 6.07) is 5.81. The van der Waals surface area contributed by atoms with Crippen molar-refractivity contribution in [1.82, 2.24) is 20.3 Å². The van der Waals surface area contributed by atoms with Gasteiger partial charge in [-0.15, -0.1) is 11.8 Å². The van der Waals surface area contributed by atoms with Crippen molar-refractivity contribution in [3.8, 4) is 0 Å². The van der Waals surface area contributed by atoms with Crippen molar-refractivity contribution >= 4 is 35.3 Å². The summed E-state index contributed by atoms with van der Waals surface area (Å²) >= 11 is 1.41. The maximum absolute atomic E-state index is 13.0. The van der Waals surface area contributed by atoms with E-state index in [1.165, 1.54) is 23.9 Å². The van der Waals surface area contributed by atoms with E-state index in [2.05, 4.69) is 25.6 Å². The third-order valence-electron chi connectivity index (χ3n) is 3.13. The average molecular weight is 378 g/mol. The third-order valence-corrected chi connectivity index (χ3v) is 4.27. The van der Waals surface area contributed by atoms with Crippen LogP contribution in [0.1, 0.15) is 33.5 Å². The first-order chi connectivity index (χ1) is 12.1. The number of nitrogen functional groups attached to an aromatic ring is 1. The largest absolute Gasteiger partial charge is 0.368 e. The van der Waals surface area contributed by atoms with E-state index in [-0.39, 0.29) is 34.4 Å². The Kier molecular flexibility index (Phi) is 6.36. The summed E-state index contributed by atoms with van der Waals surface area (Å²) in [7, 11) is 0. The highest BCUT2D eigenvalue weighted by molar-refractivity contribution is 7.99. The molecule has 140 valence electrons. The van der Waals surface area contributed by atoms with Gasteiger partial charge in [-0.25, -0.2) is 4.39 Å². The Labute approximate surface area is 156 Å². The van der Waals surface area contributed by atoms with Crippen LogP contribution in [0.2, 0.25) is 0 Å². The van der Waals surface area contributed by atoms with Crippen LogP contribution >= 0.6 is 11.8 Å². The molecule has 0 aliphatic rings. The molecule has 1 aromatic carbocycles. The zero-order valence-electron chi connectivity index (χ0n) is 15.2. The predicted octanol–water partition coefficient (Wildman–Crippen LogP) is 2.87. The van der Waals surface area contributed by atoms with Gasteiger partial charge in [0.2, 0.25) is 17.8 Å². The predicted molar refractivity (Wildman–Crippen MR) is 103 cm³/mol. The molecule has 2 rings (SSSR count). The number of amides is 1. The normalized spacial score (nSPS) is 12.5. The Bertz CT molecular complexity index is 763. The number of hydrogen-bond acceptors (Lipinski definition) is 7. The molecule has 1 aromatic heterocycles. The zero-order chi connectivity index (χ0) is 19.3. The number of halogens is 1. The molecule has 1 unspecified atom stereocenters. The lowest BCUT2D eigenvalue weighted by atomic mass is 10.1. The molecule has 0 saturated heterocycles. The fraction of sp³-hybridized carbons (Fsp3) is 0.412. The first-order valence-electron chi connectivity index (χ1n) is 8.09. The molecule has 0 saturated carbocycles. The number of nitrogens with two attached hydrogens (primary N) is 1. The van der Waals surface area contributed by atoms with Crippen molar-refractivity contribution in [3.63, 3.8) is 0 Å². The summed E-state index contributed by atoms with van der Waals surface area (Å²) < 4.78 is 13.0. The number of anilines is 3. The Morgan fingerprint density at radius 2 is 1.88 bits per heavy atom. The van der Waals surface area contributed by atoms with E-state index in [1.54, 1.807) is 12.1 Å². The molecule has 0 aliphatic carbocycles. The van der Waals surface area contributed by atoms with Crippen LogP contribution in [-0.2, 0) is 10.5 Å². The quantitative estimate of drug-likeness (QED) is 0.710. The van der Waals surface area contributed by atoms with Crippen molar-refractivity contribution in [2.24, 2.45) is 0 Å². The maximum Gasteiger partial charge on any atom is 0.233 e. The first-order valence-corrected chi connectivity index (χ1v) is 9.14. The van der Waals surface area contributed by atoms with Gasteiger partial charge in [-0.3, -0.25) is 4.79 Å². The van der Waals surface area contributed by atoms with E-state index in [0.29, 0.717) is 17.3 Å². The van der Waals surface area contributed by atoms with E-state index >= 15 is 0 Å². The topological polar surface area (TPSA) is 106 Å². The SMILES string of the molecule is CC(SCc1nc(N)nc(Nc2ccc(F)cc2)n1)C(=O)NC(C)(C)C. The van der Waals surface area contributed by atoms with Crippen molar-refractivity contribution in [1.29, 1.82) is 0 Å². The molecule has 0 radical (unpaired) electrons. The van der Waals surface area contributed by atoms with Crippen LogP contribution in [0.5, 0.6) is 0 Å². The Hall–Kier alpha value is -2.42. The minimum absolute atomic E-state index is 0.0470. The standard InChI is InChI=1S/C17H23FN6OS/c1-10(14(25)24-17(2,3)4)26-9-13-21-15(19)23-16(22-13)20-12-7-5-11(18)6-8-12/h5-8,10H,9H2,1-4H3,(H,24,25)(H3,19,20,21,22,23). The van der Waals surface area contributed by atoms with Crippen molar-refractivity contribution in [2.75, 3.05) is 11.1 Å². The molecular formula is C17H23FN6OS. The molecule has 1 heterocycles. The second-order valence-electron chi connectivity index (χ2n) is 6.76. The second-order valence-corrected chi connectivity index (χ2v) is 8.09. The lowest BCUT2D eigenvalue weighted by molar-refractivity contribution is -0.121. The van der Waals surface area contributed by atoms with E-state index < -0.39 is 0 Å². The van der Waals surface area contributed by atoms with Gasteiger partial charge >= 0.3 is 0 Å².